The van der Waals surface area contributed by atoms with Crippen molar-refractivity contribution in [2.45, 2.75) is 25.4 Å². The number of hydrogen-bond acceptors (Lipinski definition) is 7. The van der Waals surface area contributed by atoms with Crippen LogP contribution in [0.4, 0.5) is 0 Å². The van der Waals surface area contributed by atoms with Crippen LogP contribution in [0.1, 0.15) is 13.3 Å². The summed E-state index contributed by atoms with van der Waals surface area (Å²) in [7, 11) is -3.36. The average molecular weight is 490 g/mol. The quantitative estimate of drug-likeness (QED) is 0.406. The monoisotopic (exact) mass is 489 g/mol. The fourth-order valence-electron chi connectivity index (χ4n) is 4.43. The molecule has 1 aliphatic heterocycles. The first-order valence-electron chi connectivity index (χ1n) is 11.1. The third-order valence-corrected chi connectivity index (χ3v) is 7.59. The normalized spacial score (nSPS) is 15.6. The summed E-state index contributed by atoms with van der Waals surface area (Å²) >= 11 is 0. The summed E-state index contributed by atoms with van der Waals surface area (Å²) in [5.74, 6) is 0. The first-order valence-corrected chi connectivity index (χ1v) is 12.9. The Morgan fingerprint density at radius 3 is 2.69 bits per heavy atom. The van der Waals surface area contributed by atoms with E-state index >= 15 is 0 Å². The van der Waals surface area contributed by atoms with Gasteiger partial charge >= 0.3 is 0 Å². The molecule has 1 aromatic carbocycles. The van der Waals surface area contributed by atoms with E-state index in [1.54, 1.807) is 29.1 Å². The number of benzene rings is 1. The minimum atomic E-state index is -3.36. The smallest absolute Gasteiger partial charge is 0.250 e. The lowest BCUT2D eigenvalue weighted by Crippen LogP contribution is -2.64. The van der Waals surface area contributed by atoms with Gasteiger partial charge in [0.2, 0.25) is 10.0 Å². The number of pyridine rings is 2. The Balaban J connectivity index is 1.61. The topological polar surface area (TPSA) is 127 Å². The molecule has 5 rings (SSSR count). The van der Waals surface area contributed by atoms with Crippen LogP contribution in [0, 0.1) is 11.3 Å². The van der Waals surface area contributed by atoms with E-state index in [-0.39, 0.29) is 25.1 Å². The van der Waals surface area contributed by atoms with E-state index in [0.717, 1.165) is 33.8 Å². The molecule has 0 bridgehead atoms. The second-order valence-corrected chi connectivity index (χ2v) is 10.7. The summed E-state index contributed by atoms with van der Waals surface area (Å²) in [6, 6.07) is 13.2. The van der Waals surface area contributed by atoms with Gasteiger partial charge in [-0.3, -0.25) is 9.78 Å². The molecule has 0 spiro atoms. The van der Waals surface area contributed by atoms with Gasteiger partial charge in [0.05, 0.1) is 30.5 Å². The lowest BCUT2D eigenvalue weighted by Gasteiger charge is -2.46. The van der Waals surface area contributed by atoms with Crippen molar-refractivity contribution < 1.29 is 8.42 Å². The van der Waals surface area contributed by atoms with Gasteiger partial charge in [-0.05, 0) is 42.3 Å². The molecule has 1 fully saturated rings. The highest BCUT2D eigenvalue weighted by Gasteiger charge is 2.50. The van der Waals surface area contributed by atoms with Crippen LogP contribution in [0.2, 0.25) is 0 Å². The van der Waals surface area contributed by atoms with E-state index in [1.165, 1.54) is 9.10 Å². The molecule has 0 aliphatic carbocycles. The highest BCUT2D eigenvalue weighted by molar-refractivity contribution is 7.88. The maximum atomic E-state index is 12.1. The van der Waals surface area contributed by atoms with Gasteiger partial charge in [-0.1, -0.05) is 6.07 Å². The van der Waals surface area contributed by atoms with Crippen LogP contribution in [0.25, 0.3) is 33.3 Å². The zero-order chi connectivity index (χ0) is 24.8. The number of aryl methyl sites for hydroxylation is 1. The van der Waals surface area contributed by atoms with E-state index in [1.807, 2.05) is 37.4 Å². The maximum Gasteiger partial charge on any atom is 0.250 e. The third kappa shape index (κ3) is 4.00. The van der Waals surface area contributed by atoms with Crippen LogP contribution in [0.3, 0.4) is 0 Å². The van der Waals surface area contributed by atoms with Gasteiger partial charge in [-0.2, -0.15) is 24.6 Å². The molecule has 4 aromatic rings. The van der Waals surface area contributed by atoms with Gasteiger partial charge in [0, 0.05) is 49.0 Å². The van der Waals surface area contributed by atoms with E-state index in [4.69, 9.17) is 5.10 Å². The number of aromatic nitrogens is 5. The van der Waals surface area contributed by atoms with E-state index in [9.17, 15) is 18.5 Å². The van der Waals surface area contributed by atoms with Gasteiger partial charge in [0.1, 0.15) is 11.2 Å². The molecule has 35 heavy (non-hydrogen) atoms. The van der Waals surface area contributed by atoms with Gasteiger partial charge in [-0.25, -0.2) is 8.42 Å². The molecule has 0 saturated carbocycles. The van der Waals surface area contributed by atoms with Crippen molar-refractivity contribution in [1.29, 1.82) is 5.26 Å². The van der Waals surface area contributed by atoms with Crippen LogP contribution in [-0.2, 0) is 22.1 Å². The molecule has 178 valence electrons. The number of nitriles is 1. The van der Waals surface area contributed by atoms with Gasteiger partial charge in [0.15, 0.2) is 0 Å². The second kappa shape index (κ2) is 8.41. The lowest BCUT2D eigenvalue weighted by molar-refractivity contribution is 0.0579. The Bertz CT molecular complexity index is 1640. The van der Waals surface area contributed by atoms with Crippen LogP contribution < -0.4 is 5.56 Å². The Labute approximate surface area is 202 Å². The molecule has 0 radical (unpaired) electrons. The Kier molecular flexibility index (Phi) is 5.50. The standard InChI is InChI=1S/C24H23N7O3S/c1-3-29-14-17(6-7-23(29)32)18-11-20(19-5-4-10-26-21(19)12-18)22-13-27-31(28-22)24(8-9-25)15-30(16-24)35(2,33)34/h4-7,10-14H,3,8,15-16H2,1-2H3. The predicted molar refractivity (Wildman–Crippen MR) is 131 cm³/mol. The summed E-state index contributed by atoms with van der Waals surface area (Å²) in [6.45, 7) is 2.77. The van der Waals surface area contributed by atoms with Gasteiger partial charge in [0.25, 0.3) is 5.56 Å². The van der Waals surface area contributed by atoms with Crippen LogP contribution in [0.15, 0.2) is 59.8 Å². The number of nitrogens with zero attached hydrogens (tertiary/aromatic N) is 7. The highest BCUT2D eigenvalue weighted by Crippen LogP contribution is 2.36. The van der Waals surface area contributed by atoms with Crippen molar-refractivity contribution >= 4 is 20.9 Å². The van der Waals surface area contributed by atoms with Crippen molar-refractivity contribution in [3.8, 4) is 28.5 Å². The summed E-state index contributed by atoms with van der Waals surface area (Å²) in [6.07, 6.45) is 6.41. The van der Waals surface area contributed by atoms with E-state index in [2.05, 4.69) is 16.2 Å². The number of sulfonamides is 1. The minimum absolute atomic E-state index is 0.0650. The minimum Gasteiger partial charge on any atom is -0.315 e. The molecule has 0 atom stereocenters. The van der Waals surface area contributed by atoms with Crippen molar-refractivity contribution in [2.24, 2.45) is 0 Å². The molecule has 1 aliphatic rings. The largest absolute Gasteiger partial charge is 0.315 e. The highest BCUT2D eigenvalue weighted by atomic mass is 32.2. The first kappa shape index (κ1) is 22.9. The lowest BCUT2D eigenvalue weighted by atomic mass is 9.90. The van der Waals surface area contributed by atoms with Crippen LogP contribution in [-0.4, -0.2) is 56.6 Å². The molecule has 11 heteroatoms. The van der Waals surface area contributed by atoms with Crippen molar-refractivity contribution in [2.75, 3.05) is 19.3 Å². The molecular weight excluding hydrogens is 466 g/mol. The SMILES string of the molecule is CCn1cc(-c2cc(-c3cnn(C4(CC#N)CN(S(C)(=O)=O)C4)n3)c3cccnc3c2)ccc1=O. The summed E-state index contributed by atoms with van der Waals surface area (Å²) in [5, 5.41) is 19.4. The van der Waals surface area contributed by atoms with Crippen molar-refractivity contribution in [1.82, 2.24) is 28.9 Å². The fourth-order valence-corrected chi connectivity index (χ4v) is 5.38. The second-order valence-electron chi connectivity index (χ2n) is 8.75. The maximum absolute atomic E-state index is 12.1. The number of rotatable bonds is 6. The summed E-state index contributed by atoms with van der Waals surface area (Å²) in [5.41, 5.74) is 3.03. The number of fused-ring (bicyclic) bond motifs is 1. The van der Waals surface area contributed by atoms with Gasteiger partial charge in [-0.15, -0.1) is 0 Å². The van der Waals surface area contributed by atoms with Crippen LogP contribution in [0.5, 0.6) is 0 Å². The summed E-state index contributed by atoms with van der Waals surface area (Å²) in [4.78, 5) is 18.1. The average Bonchev–Trinajstić information content (AvgIpc) is 3.30. The Morgan fingerprint density at radius 2 is 1.97 bits per heavy atom. The molecule has 0 amide bonds. The molecule has 3 aromatic heterocycles. The number of hydrogen-bond donors (Lipinski definition) is 0. The van der Waals surface area contributed by atoms with Crippen molar-refractivity contribution in [3.63, 3.8) is 0 Å². The predicted octanol–water partition coefficient (Wildman–Crippen LogP) is 2.23. The van der Waals surface area contributed by atoms with Gasteiger partial charge < -0.3 is 4.57 Å². The van der Waals surface area contributed by atoms with Crippen LogP contribution >= 0.6 is 0 Å². The Morgan fingerprint density at radius 1 is 1.17 bits per heavy atom. The molecule has 10 nitrogen and oxygen atoms in total. The molecule has 4 heterocycles. The zero-order valence-corrected chi connectivity index (χ0v) is 20.1. The third-order valence-electron chi connectivity index (χ3n) is 6.39. The van der Waals surface area contributed by atoms with Crippen molar-refractivity contribution in [3.05, 3.63) is 65.3 Å². The zero-order valence-electron chi connectivity index (χ0n) is 19.3. The summed E-state index contributed by atoms with van der Waals surface area (Å²) < 4.78 is 26.8. The molecular formula is C24H23N7O3S. The fraction of sp³-hybridized carbons (Fsp3) is 0.292. The molecule has 1 saturated heterocycles. The molecule has 0 N–H and O–H groups in total. The first-order chi connectivity index (χ1) is 16.7. The molecule has 0 unspecified atom stereocenters. The Hall–Kier alpha value is -3.88. The van der Waals surface area contributed by atoms with E-state index < -0.39 is 15.6 Å². The van der Waals surface area contributed by atoms with E-state index in [0.29, 0.717) is 12.2 Å².